The van der Waals surface area contributed by atoms with Crippen LogP contribution in [0.15, 0.2) is 12.1 Å². The van der Waals surface area contributed by atoms with E-state index >= 15 is 0 Å². The molecule has 1 aliphatic heterocycles. The standard InChI is InChI=1S/C15H21NO/c1-4-5-6-7-12-13-9-10(2)8-11(3)14(13)16-15(12)17/h8-9,12H,4-7H2,1-3H3,(H,16,17). The van der Waals surface area contributed by atoms with Crippen LogP contribution in [0.4, 0.5) is 5.69 Å². The Labute approximate surface area is 103 Å². The zero-order chi connectivity index (χ0) is 12.4. The van der Waals surface area contributed by atoms with Crippen molar-refractivity contribution in [2.75, 3.05) is 5.32 Å². The first-order chi connectivity index (χ1) is 8.13. The van der Waals surface area contributed by atoms with Crippen molar-refractivity contribution in [3.63, 3.8) is 0 Å². The zero-order valence-electron chi connectivity index (χ0n) is 11.0. The minimum absolute atomic E-state index is 0.0788. The molecule has 1 atom stereocenters. The summed E-state index contributed by atoms with van der Waals surface area (Å²) in [6, 6.07) is 4.30. The molecule has 1 N–H and O–H groups in total. The largest absolute Gasteiger partial charge is 0.325 e. The summed E-state index contributed by atoms with van der Waals surface area (Å²) in [5, 5.41) is 3.03. The molecule has 1 aliphatic rings. The summed E-state index contributed by atoms with van der Waals surface area (Å²) in [7, 11) is 0. The van der Waals surface area contributed by atoms with Gasteiger partial charge >= 0.3 is 0 Å². The molecule has 1 heterocycles. The number of nitrogens with one attached hydrogen (secondary N) is 1. The molecule has 92 valence electrons. The lowest BCUT2D eigenvalue weighted by atomic mass is 9.92. The van der Waals surface area contributed by atoms with Gasteiger partial charge in [-0.3, -0.25) is 4.79 Å². The Balaban J connectivity index is 2.23. The van der Waals surface area contributed by atoms with Crippen molar-refractivity contribution in [3.8, 4) is 0 Å². The first kappa shape index (κ1) is 12.2. The Hall–Kier alpha value is -1.31. The molecule has 0 aromatic heterocycles. The molecule has 0 fully saturated rings. The van der Waals surface area contributed by atoms with Gasteiger partial charge in [-0.25, -0.2) is 0 Å². The lowest BCUT2D eigenvalue weighted by Gasteiger charge is -2.09. The number of amides is 1. The van der Waals surface area contributed by atoms with Crippen LogP contribution in [-0.4, -0.2) is 5.91 Å². The van der Waals surface area contributed by atoms with Gasteiger partial charge in [-0.1, -0.05) is 43.9 Å². The van der Waals surface area contributed by atoms with E-state index < -0.39 is 0 Å². The molecular weight excluding hydrogens is 210 g/mol. The SMILES string of the molecule is CCCCCC1C(=O)Nc2c(C)cc(C)cc21. The second-order valence-corrected chi connectivity index (χ2v) is 5.08. The molecule has 0 saturated carbocycles. The maximum atomic E-state index is 12.0. The minimum Gasteiger partial charge on any atom is -0.325 e. The highest BCUT2D eigenvalue weighted by molar-refractivity contribution is 6.03. The normalized spacial score (nSPS) is 18.1. The third kappa shape index (κ3) is 2.36. The second-order valence-electron chi connectivity index (χ2n) is 5.08. The van der Waals surface area contributed by atoms with Gasteiger partial charge in [0.05, 0.1) is 5.92 Å². The predicted molar refractivity (Wildman–Crippen MR) is 71.4 cm³/mol. The van der Waals surface area contributed by atoms with Crippen LogP contribution in [0, 0.1) is 13.8 Å². The monoisotopic (exact) mass is 231 g/mol. The van der Waals surface area contributed by atoms with E-state index in [4.69, 9.17) is 0 Å². The van der Waals surface area contributed by atoms with Crippen molar-refractivity contribution < 1.29 is 4.79 Å². The lowest BCUT2D eigenvalue weighted by molar-refractivity contribution is -0.117. The van der Waals surface area contributed by atoms with Crippen molar-refractivity contribution in [2.45, 2.75) is 52.4 Å². The summed E-state index contributed by atoms with van der Waals surface area (Å²) in [4.78, 5) is 12.0. The fourth-order valence-corrected chi connectivity index (χ4v) is 2.68. The quantitative estimate of drug-likeness (QED) is 0.782. The third-order valence-electron chi connectivity index (χ3n) is 3.55. The van der Waals surface area contributed by atoms with Crippen LogP contribution in [0.3, 0.4) is 0 Å². The van der Waals surface area contributed by atoms with Crippen LogP contribution in [0.25, 0.3) is 0 Å². The number of carbonyl (C=O) groups is 1. The third-order valence-corrected chi connectivity index (χ3v) is 3.55. The number of rotatable bonds is 4. The Kier molecular flexibility index (Phi) is 3.51. The number of hydrogen-bond donors (Lipinski definition) is 1. The highest BCUT2D eigenvalue weighted by Crippen LogP contribution is 2.38. The highest BCUT2D eigenvalue weighted by atomic mass is 16.2. The molecule has 0 aliphatic carbocycles. The van der Waals surface area contributed by atoms with Gasteiger partial charge in [0.2, 0.25) is 5.91 Å². The van der Waals surface area contributed by atoms with E-state index in [0.717, 1.165) is 18.5 Å². The van der Waals surface area contributed by atoms with Crippen LogP contribution < -0.4 is 5.32 Å². The first-order valence-electron chi connectivity index (χ1n) is 6.55. The van der Waals surface area contributed by atoms with Crippen LogP contribution in [-0.2, 0) is 4.79 Å². The fraction of sp³-hybridized carbons (Fsp3) is 0.533. The Morgan fingerprint density at radius 1 is 1.24 bits per heavy atom. The van der Waals surface area contributed by atoms with E-state index in [9.17, 15) is 4.79 Å². The van der Waals surface area contributed by atoms with Gasteiger partial charge in [0.15, 0.2) is 0 Å². The summed E-state index contributed by atoms with van der Waals surface area (Å²) >= 11 is 0. The van der Waals surface area contributed by atoms with Gasteiger partial charge in [0.25, 0.3) is 0 Å². The Bertz CT molecular complexity index is 437. The zero-order valence-corrected chi connectivity index (χ0v) is 11.0. The molecule has 2 nitrogen and oxygen atoms in total. The molecule has 0 radical (unpaired) electrons. The smallest absolute Gasteiger partial charge is 0.232 e. The van der Waals surface area contributed by atoms with Crippen LogP contribution >= 0.6 is 0 Å². The van der Waals surface area contributed by atoms with Gasteiger partial charge in [-0.15, -0.1) is 0 Å². The first-order valence-corrected chi connectivity index (χ1v) is 6.55. The maximum absolute atomic E-state index is 12.0. The van der Waals surface area contributed by atoms with Gasteiger partial charge in [0.1, 0.15) is 0 Å². The molecule has 1 amide bonds. The molecule has 2 rings (SSSR count). The summed E-state index contributed by atoms with van der Waals surface area (Å²) in [6.07, 6.45) is 4.54. The van der Waals surface area contributed by atoms with E-state index in [1.807, 2.05) is 0 Å². The maximum Gasteiger partial charge on any atom is 0.232 e. The number of fused-ring (bicyclic) bond motifs is 1. The molecule has 2 heteroatoms. The summed E-state index contributed by atoms with van der Waals surface area (Å²) in [6.45, 7) is 6.36. The summed E-state index contributed by atoms with van der Waals surface area (Å²) < 4.78 is 0. The van der Waals surface area contributed by atoms with Crippen molar-refractivity contribution in [2.24, 2.45) is 0 Å². The van der Waals surface area contributed by atoms with E-state index in [1.54, 1.807) is 0 Å². The predicted octanol–water partition coefficient (Wildman–Crippen LogP) is 3.92. The molecule has 0 saturated heterocycles. The minimum atomic E-state index is 0.0788. The van der Waals surface area contributed by atoms with E-state index in [-0.39, 0.29) is 11.8 Å². The molecule has 0 bridgehead atoms. The molecular formula is C15H21NO. The van der Waals surface area contributed by atoms with Crippen LogP contribution in [0.1, 0.15) is 55.2 Å². The Morgan fingerprint density at radius 2 is 2.00 bits per heavy atom. The number of carbonyl (C=O) groups excluding carboxylic acids is 1. The second kappa shape index (κ2) is 4.91. The van der Waals surface area contributed by atoms with E-state index in [1.165, 1.54) is 29.5 Å². The molecule has 1 aromatic rings. The fourth-order valence-electron chi connectivity index (χ4n) is 2.68. The number of unbranched alkanes of at least 4 members (excludes halogenated alkanes) is 2. The summed E-state index contributed by atoms with van der Waals surface area (Å²) in [5.41, 5.74) is 4.70. The van der Waals surface area contributed by atoms with Gasteiger partial charge in [0, 0.05) is 5.69 Å². The van der Waals surface area contributed by atoms with Gasteiger partial charge in [-0.2, -0.15) is 0 Å². The highest BCUT2D eigenvalue weighted by Gasteiger charge is 2.30. The van der Waals surface area contributed by atoms with Crippen molar-refractivity contribution in [1.82, 2.24) is 0 Å². The number of benzene rings is 1. The van der Waals surface area contributed by atoms with Gasteiger partial charge < -0.3 is 5.32 Å². The average Bonchev–Trinajstić information content (AvgIpc) is 2.57. The topological polar surface area (TPSA) is 29.1 Å². The number of anilines is 1. The van der Waals surface area contributed by atoms with Crippen molar-refractivity contribution >= 4 is 11.6 Å². The molecule has 1 aromatic carbocycles. The van der Waals surface area contributed by atoms with E-state index in [0.29, 0.717) is 0 Å². The van der Waals surface area contributed by atoms with Crippen LogP contribution in [0.5, 0.6) is 0 Å². The molecule has 17 heavy (non-hydrogen) atoms. The van der Waals surface area contributed by atoms with E-state index in [2.05, 4.69) is 38.2 Å². The molecule has 0 spiro atoms. The number of hydrogen-bond acceptors (Lipinski definition) is 1. The lowest BCUT2D eigenvalue weighted by Crippen LogP contribution is -2.11. The van der Waals surface area contributed by atoms with Crippen molar-refractivity contribution in [3.05, 3.63) is 28.8 Å². The number of aryl methyl sites for hydroxylation is 2. The average molecular weight is 231 g/mol. The summed E-state index contributed by atoms with van der Waals surface area (Å²) in [5.74, 6) is 0.264. The molecule has 1 unspecified atom stereocenters. The van der Waals surface area contributed by atoms with Crippen LogP contribution in [0.2, 0.25) is 0 Å². The van der Waals surface area contributed by atoms with Gasteiger partial charge in [-0.05, 0) is 31.4 Å². The Morgan fingerprint density at radius 3 is 2.71 bits per heavy atom. The van der Waals surface area contributed by atoms with Crippen molar-refractivity contribution in [1.29, 1.82) is 0 Å².